The highest BCUT2D eigenvalue weighted by Crippen LogP contribution is 2.39. The van der Waals surface area contributed by atoms with Crippen LogP contribution in [0.15, 0.2) is 33.9 Å². The number of benzene rings is 1. The third-order valence-corrected chi connectivity index (χ3v) is 4.18. The molecule has 0 radical (unpaired) electrons. The maximum absolute atomic E-state index is 5.80. The molecule has 1 aromatic carbocycles. The van der Waals surface area contributed by atoms with Crippen LogP contribution in [0.5, 0.6) is 5.75 Å². The molecule has 1 aliphatic rings. The molecule has 1 N–H and O–H groups in total. The molecule has 0 fully saturated rings. The van der Waals surface area contributed by atoms with Gasteiger partial charge in [-0.25, -0.2) is 0 Å². The largest absolute Gasteiger partial charge is 0.492 e. The van der Waals surface area contributed by atoms with Crippen LogP contribution in [0, 0.1) is 6.92 Å². The normalized spacial score (nSPS) is 21.8. The van der Waals surface area contributed by atoms with Gasteiger partial charge in [-0.2, -0.15) is 0 Å². The maximum Gasteiger partial charge on any atom is 0.277 e. The van der Waals surface area contributed by atoms with Gasteiger partial charge < -0.3 is 14.5 Å². The summed E-state index contributed by atoms with van der Waals surface area (Å²) in [7, 11) is 1.96. The van der Waals surface area contributed by atoms with E-state index in [0.29, 0.717) is 17.7 Å². The second-order valence-corrected chi connectivity index (χ2v) is 5.55. The Hall–Kier alpha value is -1.53. The average molecular weight is 277 g/mol. The van der Waals surface area contributed by atoms with Crippen LogP contribution < -0.4 is 10.1 Å². The molecule has 2 aromatic rings. The van der Waals surface area contributed by atoms with Crippen molar-refractivity contribution in [2.45, 2.75) is 23.4 Å². The number of fused-ring (bicyclic) bond motifs is 1. The molecule has 0 saturated carbocycles. The Morgan fingerprint density at radius 3 is 2.89 bits per heavy atom. The zero-order chi connectivity index (χ0) is 13.2. The summed E-state index contributed by atoms with van der Waals surface area (Å²) >= 11 is 1.55. The molecule has 19 heavy (non-hydrogen) atoms. The number of nitrogens with zero attached hydrogens (tertiary/aromatic N) is 2. The highest BCUT2D eigenvalue weighted by Gasteiger charge is 2.31. The van der Waals surface area contributed by atoms with E-state index in [2.05, 4.69) is 21.6 Å². The number of aryl methyl sites for hydroxylation is 1. The number of hydrogen-bond donors (Lipinski definition) is 1. The third kappa shape index (κ3) is 2.46. The molecule has 5 nitrogen and oxygen atoms in total. The molecule has 0 amide bonds. The van der Waals surface area contributed by atoms with Crippen molar-refractivity contribution in [3.63, 3.8) is 0 Å². The molecule has 6 heteroatoms. The standard InChI is InChI=1S/C13H15N3O2S/c1-8-15-16-13(18-8)19-11-7-17-10-6-4-3-5-9(10)12(11)14-2/h3-6,11-12,14H,7H2,1-2H3. The Kier molecular flexibility index (Phi) is 3.44. The first kappa shape index (κ1) is 12.5. The lowest BCUT2D eigenvalue weighted by Gasteiger charge is -2.32. The van der Waals surface area contributed by atoms with E-state index in [4.69, 9.17) is 9.15 Å². The smallest absolute Gasteiger partial charge is 0.277 e. The minimum atomic E-state index is 0.208. The lowest BCUT2D eigenvalue weighted by Crippen LogP contribution is -2.35. The second kappa shape index (κ2) is 5.22. The van der Waals surface area contributed by atoms with Crippen molar-refractivity contribution in [1.29, 1.82) is 0 Å². The van der Waals surface area contributed by atoms with Crippen molar-refractivity contribution in [3.05, 3.63) is 35.7 Å². The monoisotopic (exact) mass is 277 g/mol. The van der Waals surface area contributed by atoms with Crippen molar-refractivity contribution >= 4 is 11.8 Å². The number of para-hydroxylation sites is 1. The Morgan fingerprint density at radius 1 is 1.32 bits per heavy atom. The van der Waals surface area contributed by atoms with Crippen LogP contribution in [-0.2, 0) is 0 Å². The van der Waals surface area contributed by atoms with Crippen LogP contribution in [0.25, 0.3) is 0 Å². The molecule has 100 valence electrons. The highest BCUT2D eigenvalue weighted by molar-refractivity contribution is 7.99. The number of hydrogen-bond acceptors (Lipinski definition) is 6. The quantitative estimate of drug-likeness (QED) is 0.928. The van der Waals surface area contributed by atoms with E-state index in [1.807, 2.05) is 25.2 Å². The number of aromatic nitrogens is 2. The summed E-state index contributed by atoms with van der Waals surface area (Å²) < 4.78 is 11.2. The first-order chi connectivity index (χ1) is 9.28. The summed E-state index contributed by atoms with van der Waals surface area (Å²) in [6.07, 6.45) is 0. The fourth-order valence-electron chi connectivity index (χ4n) is 2.24. The number of nitrogens with one attached hydrogen (secondary N) is 1. The van der Waals surface area contributed by atoms with Gasteiger partial charge in [0.2, 0.25) is 5.89 Å². The molecule has 1 aromatic heterocycles. The Labute approximate surface area is 115 Å². The molecule has 0 spiro atoms. The van der Waals surface area contributed by atoms with E-state index in [-0.39, 0.29) is 11.3 Å². The van der Waals surface area contributed by atoms with Crippen molar-refractivity contribution in [2.75, 3.05) is 13.7 Å². The van der Waals surface area contributed by atoms with Crippen LogP contribution in [0.3, 0.4) is 0 Å². The van der Waals surface area contributed by atoms with Gasteiger partial charge in [-0.1, -0.05) is 30.0 Å². The van der Waals surface area contributed by atoms with E-state index < -0.39 is 0 Å². The van der Waals surface area contributed by atoms with Crippen molar-refractivity contribution < 1.29 is 9.15 Å². The predicted molar refractivity (Wildman–Crippen MR) is 72.4 cm³/mol. The molecule has 2 heterocycles. The maximum atomic E-state index is 5.80. The topological polar surface area (TPSA) is 60.2 Å². The summed E-state index contributed by atoms with van der Waals surface area (Å²) in [5.41, 5.74) is 1.17. The van der Waals surface area contributed by atoms with Crippen LogP contribution in [0.4, 0.5) is 0 Å². The fraction of sp³-hybridized carbons (Fsp3) is 0.385. The van der Waals surface area contributed by atoms with Crippen LogP contribution in [-0.4, -0.2) is 29.1 Å². The van der Waals surface area contributed by atoms with Gasteiger partial charge in [0.1, 0.15) is 12.4 Å². The summed E-state index contributed by atoms with van der Waals surface area (Å²) in [6.45, 7) is 2.41. The first-order valence-corrected chi connectivity index (χ1v) is 7.01. The zero-order valence-corrected chi connectivity index (χ0v) is 11.6. The Morgan fingerprint density at radius 2 is 2.16 bits per heavy atom. The molecule has 2 atom stereocenters. The van der Waals surface area contributed by atoms with E-state index in [0.717, 1.165) is 5.75 Å². The van der Waals surface area contributed by atoms with E-state index in [1.54, 1.807) is 18.7 Å². The van der Waals surface area contributed by atoms with E-state index >= 15 is 0 Å². The Bertz CT molecular complexity index is 573. The summed E-state index contributed by atoms with van der Waals surface area (Å²) in [6, 6.07) is 8.30. The first-order valence-electron chi connectivity index (χ1n) is 6.13. The molecule has 0 bridgehead atoms. The molecule has 2 unspecified atom stereocenters. The van der Waals surface area contributed by atoms with E-state index in [1.165, 1.54) is 5.56 Å². The third-order valence-electron chi connectivity index (χ3n) is 3.10. The van der Waals surface area contributed by atoms with Crippen molar-refractivity contribution in [2.24, 2.45) is 0 Å². The highest BCUT2D eigenvalue weighted by atomic mass is 32.2. The minimum Gasteiger partial charge on any atom is -0.492 e. The van der Waals surface area contributed by atoms with Gasteiger partial charge in [0.25, 0.3) is 5.22 Å². The van der Waals surface area contributed by atoms with Crippen molar-refractivity contribution in [1.82, 2.24) is 15.5 Å². The molecular weight excluding hydrogens is 262 g/mol. The molecule has 3 rings (SSSR count). The Balaban J connectivity index is 1.84. The number of rotatable bonds is 3. The molecule has 0 aliphatic carbocycles. The number of ether oxygens (including phenoxy) is 1. The SMILES string of the molecule is CNC1c2ccccc2OCC1Sc1nnc(C)o1. The van der Waals surface area contributed by atoms with E-state index in [9.17, 15) is 0 Å². The second-order valence-electron chi connectivity index (χ2n) is 4.36. The average Bonchev–Trinajstić information content (AvgIpc) is 2.84. The van der Waals surface area contributed by atoms with Gasteiger partial charge >= 0.3 is 0 Å². The lowest BCUT2D eigenvalue weighted by atomic mass is 10.0. The van der Waals surface area contributed by atoms with Crippen LogP contribution in [0.2, 0.25) is 0 Å². The molecular formula is C13H15N3O2S. The summed E-state index contributed by atoms with van der Waals surface area (Å²) in [5.74, 6) is 1.53. The lowest BCUT2D eigenvalue weighted by molar-refractivity contribution is 0.263. The zero-order valence-electron chi connectivity index (χ0n) is 10.8. The molecule has 0 saturated heterocycles. The predicted octanol–water partition coefficient (Wildman–Crippen LogP) is 2.19. The summed E-state index contributed by atoms with van der Waals surface area (Å²) in [5, 5.41) is 12.0. The van der Waals surface area contributed by atoms with Crippen LogP contribution in [0.1, 0.15) is 17.5 Å². The van der Waals surface area contributed by atoms with Gasteiger partial charge in [0.15, 0.2) is 0 Å². The van der Waals surface area contributed by atoms with Gasteiger partial charge in [-0.05, 0) is 13.1 Å². The summed E-state index contributed by atoms with van der Waals surface area (Å²) in [4.78, 5) is 0. The van der Waals surface area contributed by atoms with Gasteiger partial charge in [0, 0.05) is 12.5 Å². The van der Waals surface area contributed by atoms with Gasteiger partial charge in [-0.15, -0.1) is 10.2 Å². The minimum absolute atomic E-state index is 0.208. The number of thioether (sulfide) groups is 1. The van der Waals surface area contributed by atoms with Gasteiger partial charge in [-0.3, -0.25) is 0 Å². The van der Waals surface area contributed by atoms with Gasteiger partial charge in [0.05, 0.1) is 11.3 Å². The van der Waals surface area contributed by atoms with Crippen LogP contribution >= 0.6 is 11.8 Å². The van der Waals surface area contributed by atoms with Crippen molar-refractivity contribution in [3.8, 4) is 5.75 Å². The fourth-order valence-corrected chi connectivity index (χ4v) is 3.31. The molecule has 1 aliphatic heterocycles.